The normalized spacial score (nSPS) is 10.8. The standard InChI is InChI=1S/C21H20ClNO4/c1-13-17-8-7-16(26-2)11-19(17)27-21(25)18(13)12-20(24)23-10-9-14-3-5-15(22)6-4-14/h3-8,11H,9-10,12H2,1-2H3,(H,23,24). The highest BCUT2D eigenvalue weighted by Crippen LogP contribution is 2.24. The molecule has 0 spiro atoms. The first kappa shape index (κ1) is 19.0. The molecule has 0 aliphatic carbocycles. The fourth-order valence-electron chi connectivity index (χ4n) is 2.93. The van der Waals surface area contributed by atoms with Crippen molar-refractivity contribution < 1.29 is 13.9 Å². The summed E-state index contributed by atoms with van der Waals surface area (Å²) in [6, 6.07) is 12.8. The lowest BCUT2D eigenvalue weighted by atomic mass is 10.0. The average Bonchev–Trinajstić information content (AvgIpc) is 2.66. The summed E-state index contributed by atoms with van der Waals surface area (Å²) in [5.74, 6) is 0.393. The Morgan fingerprint density at radius 2 is 1.93 bits per heavy atom. The van der Waals surface area contributed by atoms with Gasteiger partial charge >= 0.3 is 5.63 Å². The maximum Gasteiger partial charge on any atom is 0.340 e. The van der Waals surface area contributed by atoms with Crippen LogP contribution in [0.3, 0.4) is 0 Å². The molecule has 1 N–H and O–H groups in total. The van der Waals surface area contributed by atoms with Crippen LogP contribution in [-0.4, -0.2) is 19.6 Å². The van der Waals surface area contributed by atoms with Crippen molar-refractivity contribution in [1.82, 2.24) is 5.32 Å². The van der Waals surface area contributed by atoms with Crippen LogP contribution in [0, 0.1) is 6.92 Å². The number of rotatable bonds is 6. The highest BCUT2D eigenvalue weighted by molar-refractivity contribution is 6.30. The van der Waals surface area contributed by atoms with Gasteiger partial charge in [-0.25, -0.2) is 4.79 Å². The van der Waals surface area contributed by atoms with Crippen molar-refractivity contribution in [2.24, 2.45) is 0 Å². The first-order valence-corrected chi connectivity index (χ1v) is 8.97. The van der Waals surface area contributed by atoms with Crippen molar-refractivity contribution in [3.05, 3.63) is 74.6 Å². The number of halogens is 1. The number of amides is 1. The Kier molecular flexibility index (Phi) is 5.81. The molecule has 0 radical (unpaired) electrons. The minimum atomic E-state index is -0.499. The van der Waals surface area contributed by atoms with E-state index in [1.807, 2.05) is 37.3 Å². The summed E-state index contributed by atoms with van der Waals surface area (Å²) in [5.41, 5.74) is 2.15. The number of hydrogen-bond acceptors (Lipinski definition) is 4. The van der Waals surface area contributed by atoms with Crippen molar-refractivity contribution in [3.8, 4) is 5.75 Å². The summed E-state index contributed by atoms with van der Waals surface area (Å²) in [5, 5.41) is 4.31. The van der Waals surface area contributed by atoms with E-state index in [-0.39, 0.29) is 12.3 Å². The molecule has 2 aromatic carbocycles. The van der Waals surface area contributed by atoms with E-state index < -0.39 is 5.63 Å². The Morgan fingerprint density at radius 1 is 1.19 bits per heavy atom. The Labute approximate surface area is 161 Å². The first-order valence-electron chi connectivity index (χ1n) is 8.59. The lowest BCUT2D eigenvalue weighted by Crippen LogP contribution is -2.29. The Bertz CT molecular complexity index is 1020. The molecule has 1 aromatic heterocycles. The minimum Gasteiger partial charge on any atom is -0.497 e. The van der Waals surface area contributed by atoms with Gasteiger partial charge in [-0.05, 0) is 48.7 Å². The molecule has 0 fully saturated rings. The van der Waals surface area contributed by atoms with E-state index in [1.54, 1.807) is 19.2 Å². The molecule has 1 heterocycles. The lowest BCUT2D eigenvalue weighted by Gasteiger charge is -2.09. The summed E-state index contributed by atoms with van der Waals surface area (Å²) >= 11 is 5.86. The van der Waals surface area contributed by atoms with Crippen LogP contribution in [0.5, 0.6) is 5.75 Å². The highest BCUT2D eigenvalue weighted by atomic mass is 35.5. The maximum atomic E-state index is 12.3. The van der Waals surface area contributed by atoms with Gasteiger partial charge in [0.2, 0.25) is 5.91 Å². The van der Waals surface area contributed by atoms with Crippen LogP contribution in [0.15, 0.2) is 51.7 Å². The van der Waals surface area contributed by atoms with Crippen molar-refractivity contribution >= 4 is 28.5 Å². The molecule has 0 atom stereocenters. The van der Waals surface area contributed by atoms with Gasteiger partial charge in [0.15, 0.2) is 0 Å². The number of nitrogens with one attached hydrogen (secondary N) is 1. The molecule has 6 heteroatoms. The van der Waals surface area contributed by atoms with Crippen LogP contribution in [-0.2, 0) is 17.6 Å². The number of methoxy groups -OCH3 is 1. The summed E-state index contributed by atoms with van der Waals surface area (Å²) in [6.07, 6.45) is 0.671. The van der Waals surface area contributed by atoms with E-state index >= 15 is 0 Å². The van der Waals surface area contributed by atoms with Crippen molar-refractivity contribution in [2.75, 3.05) is 13.7 Å². The quantitative estimate of drug-likeness (QED) is 0.657. The molecule has 3 rings (SSSR count). The fourth-order valence-corrected chi connectivity index (χ4v) is 3.05. The van der Waals surface area contributed by atoms with Gasteiger partial charge in [-0.2, -0.15) is 0 Å². The number of benzene rings is 2. The molecule has 5 nitrogen and oxygen atoms in total. The molecule has 140 valence electrons. The van der Waals surface area contributed by atoms with Crippen molar-refractivity contribution in [3.63, 3.8) is 0 Å². The number of ether oxygens (including phenoxy) is 1. The van der Waals surface area contributed by atoms with E-state index in [1.165, 1.54) is 0 Å². The summed E-state index contributed by atoms with van der Waals surface area (Å²) in [7, 11) is 1.55. The third-order valence-corrected chi connectivity index (χ3v) is 4.73. The van der Waals surface area contributed by atoms with Crippen molar-refractivity contribution in [1.29, 1.82) is 0 Å². The monoisotopic (exact) mass is 385 g/mol. The Hall–Kier alpha value is -2.79. The number of aryl methyl sites for hydroxylation is 1. The molecule has 3 aromatic rings. The molecule has 0 saturated carbocycles. The predicted octanol–water partition coefficient (Wildman–Crippen LogP) is 3.66. The molecule has 27 heavy (non-hydrogen) atoms. The maximum absolute atomic E-state index is 12.3. The van der Waals surface area contributed by atoms with Crippen LogP contribution in [0.1, 0.15) is 16.7 Å². The van der Waals surface area contributed by atoms with Crippen molar-refractivity contribution in [2.45, 2.75) is 19.8 Å². The topological polar surface area (TPSA) is 68.5 Å². The summed E-state index contributed by atoms with van der Waals surface area (Å²) < 4.78 is 10.5. The second kappa shape index (κ2) is 8.27. The molecule has 0 aliphatic heterocycles. The minimum absolute atomic E-state index is 0.0171. The zero-order valence-corrected chi connectivity index (χ0v) is 15.9. The van der Waals surface area contributed by atoms with Gasteiger partial charge in [0.1, 0.15) is 11.3 Å². The number of carbonyl (C=O) groups is 1. The van der Waals surface area contributed by atoms with Crippen LogP contribution >= 0.6 is 11.6 Å². The van der Waals surface area contributed by atoms with Gasteiger partial charge in [0.25, 0.3) is 0 Å². The molecular formula is C21H20ClNO4. The average molecular weight is 386 g/mol. The van der Waals surface area contributed by atoms with Gasteiger partial charge in [-0.3, -0.25) is 4.79 Å². The lowest BCUT2D eigenvalue weighted by molar-refractivity contribution is -0.120. The molecule has 0 unspecified atom stereocenters. The Balaban J connectivity index is 1.69. The summed E-state index contributed by atoms with van der Waals surface area (Å²) in [6.45, 7) is 2.30. The molecule has 0 saturated heterocycles. The van der Waals surface area contributed by atoms with Crippen LogP contribution in [0.25, 0.3) is 11.0 Å². The highest BCUT2D eigenvalue weighted by Gasteiger charge is 2.15. The fraction of sp³-hybridized carbons (Fsp3) is 0.238. The van der Waals surface area contributed by atoms with E-state index in [2.05, 4.69) is 5.32 Å². The second-order valence-corrected chi connectivity index (χ2v) is 6.69. The zero-order valence-electron chi connectivity index (χ0n) is 15.2. The summed E-state index contributed by atoms with van der Waals surface area (Å²) in [4.78, 5) is 24.6. The van der Waals surface area contributed by atoms with Gasteiger partial charge < -0.3 is 14.5 Å². The van der Waals surface area contributed by atoms with Crippen LogP contribution < -0.4 is 15.7 Å². The Morgan fingerprint density at radius 3 is 2.63 bits per heavy atom. The molecular weight excluding hydrogens is 366 g/mol. The zero-order chi connectivity index (χ0) is 19.4. The first-order chi connectivity index (χ1) is 13.0. The number of hydrogen-bond donors (Lipinski definition) is 1. The number of fused-ring (bicyclic) bond motifs is 1. The number of carbonyl (C=O) groups excluding carboxylic acids is 1. The van der Waals surface area contributed by atoms with Gasteiger partial charge in [-0.1, -0.05) is 23.7 Å². The largest absolute Gasteiger partial charge is 0.497 e. The SMILES string of the molecule is COc1ccc2c(C)c(CC(=O)NCCc3ccc(Cl)cc3)c(=O)oc2c1. The molecule has 0 bridgehead atoms. The predicted molar refractivity (Wildman–Crippen MR) is 106 cm³/mol. The van der Waals surface area contributed by atoms with Gasteiger partial charge in [0.05, 0.1) is 19.1 Å². The van der Waals surface area contributed by atoms with Crippen LogP contribution in [0.2, 0.25) is 5.02 Å². The van der Waals surface area contributed by atoms with E-state index in [9.17, 15) is 9.59 Å². The van der Waals surface area contributed by atoms with E-state index in [4.69, 9.17) is 20.8 Å². The van der Waals surface area contributed by atoms with Crippen LogP contribution in [0.4, 0.5) is 0 Å². The van der Waals surface area contributed by atoms with Gasteiger partial charge in [0, 0.05) is 23.0 Å². The van der Waals surface area contributed by atoms with E-state index in [0.29, 0.717) is 34.9 Å². The third kappa shape index (κ3) is 4.49. The van der Waals surface area contributed by atoms with Gasteiger partial charge in [-0.15, -0.1) is 0 Å². The molecule has 1 amide bonds. The third-order valence-electron chi connectivity index (χ3n) is 4.48. The molecule has 0 aliphatic rings. The second-order valence-electron chi connectivity index (χ2n) is 6.26. The van der Waals surface area contributed by atoms with E-state index in [0.717, 1.165) is 16.5 Å². The smallest absolute Gasteiger partial charge is 0.340 e.